The molecule has 102 valence electrons. The maximum absolute atomic E-state index is 9.66. The number of benzene rings is 2. The molecule has 0 aliphatic rings. The lowest BCUT2D eigenvalue weighted by Crippen LogP contribution is -2.02. The number of imidazole rings is 1. The first-order chi connectivity index (χ1) is 9.56. The zero-order valence-electron chi connectivity index (χ0n) is 11.3. The van der Waals surface area contributed by atoms with E-state index in [4.69, 9.17) is 11.6 Å². The van der Waals surface area contributed by atoms with E-state index in [0.717, 1.165) is 22.4 Å². The fourth-order valence-corrected chi connectivity index (χ4v) is 2.61. The van der Waals surface area contributed by atoms with Crippen molar-refractivity contribution in [1.29, 1.82) is 0 Å². The van der Waals surface area contributed by atoms with Crippen LogP contribution in [-0.4, -0.2) is 14.7 Å². The molecule has 0 spiro atoms. The molecule has 3 nitrogen and oxygen atoms in total. The Morgan fingerprint density at radius 1 is 1.15 bits per heavy atom. The summed E-state index contributed by atoms with van der Waals surface area (Å²) < 4.78 is 2.15. The van der Waals surface area contributed by atoms with E-state index in [1.54, 1.807) is 12.1 Å². The molecule has 3 rings (SSSR count). The molecule has 0 bridgehead atoms. The molecule has 0 unspecified atom stereocenters. The summed E-state index contributed by atoms with van der Waals surface area (Å²) in [5.74, 6) is 1.08. The molecular weight excluding hydrogens is 272 g/mol. The number of phenols is 1. The summed E-state index contributed by atoms with van der Waals surface area (Å²) >= 11 is 6.04. The smallest absolute Gasteiger partial charge is 0.141 e. The highest BCUT2D eigenvalue weighted by Crippen LogP contribution is 2.31. The second-order valence-electron chi connectivity index (χ2n) is 5.08. The molecule has 0 saturated heterocycles. The van der Waals surface area contributed by atoms with Gasteiger partial charge in [-0.1, -0.05) is 23.7 Å². The molecule has 2 aromatic carbocycles. The van der Waals surface area contributed by atoms with Gasteiger partial charge < -0.3 is 9.67 Å². The van der Waals surface area contributed by atoms with Crippen molar-refractivity contribution in [3.8, 4) is 17.1 Å². The summed E-state index contributed by atoms with van der Waals surface area (Å²) in [6.07, 6.45) is 0. The Morgan fingerprint density at radius 2 is 1.95 bits per heavy atom. The second kappa shape index (κ2) is 4.84. The van der Waals surface area contributed by atoms with Crippen LogP contribution in [0, 0.1) is 0 Å². The molecule has 0 saturated carbocycles. The maximum Gasteiger partial charge on any atom is 0.141 e. The van der Waals surface area contributed by atoms with Crippen molar-refractivity contribution in [1.82, 2.24) is 9.55 Å². The van der Waals surface area contributed by atoms with E-state index in [2.05, 4.69) is 23.4 Å². The van der Waals surface area contributed by atoms with E-state index in [0.29, 0.717) is 5.02 Å². The lowest BCUT2D eigenvalue weighted by molar-refractivity contribution is 0.475. The highest BCUT2D eigenvalue weighted by atomic mass is 35.5. The van der Waals surface area contributed by atoms with Crippen LogP contribution in [0.5, 0.6) is 5.75 Å². The van der Waals surface area contributed by atoms with Crippen LogP contribution in [0.4, 0.5) is 0 Å². The van der Waals surface area contributed by atoms with E-state index in [1.165, 1.54) is 0 Å². The fraction of sp³-hybridized carbons (Fsp3) is 0.188. The van der Waals surface area contributed by atoms with Crippen LogP contribution in [-0.2, 0) is 0 Å². The minimum Gasteiger partial charge on any atom is -0.508 e. The molecule has 3 aromatic rings. The predicted molar refractivity (Wildman–Crippen MR) is 82.2 cm³/mol. The first-order valence-corrected chi connectivity index (χ1v) is 6.91. The molecular formula is C16H15ClN2O. The quantitative estimate of drug-likeness (QED) is 0.745. The number of aromatic nitrogens is 2. The topological polar surface area (TPSA) is 38.0 Å². The van der Waals surface area contributed by atoms with Gasteiger partial charge >= 0.3 is 0 Å². The largest absolute Gasteiger partial charge is 0.508 e. The van der Waals surface area contributed by atoms with Gasteiger partial charge in [0.2, 0.25) is 0 Å². The Hall–Kier alpha value is -2.00. The first kappa shape index (κ1) is 13.0. The first-order valence-electron chi connectivity index (χ1n) is 6.53. The van der Waals surface area contributed by atoms with Gasteiger partial charge in [-0.2, -0.15) is 0 Å². The molecule has 0 atom stereocenters. The van der Waals surface area contributed by atoms with Crippen LogP contribution in [0.3, 0.4) is 0 Å². The lowest BCUT2D eigenvalue weighted by Gasteiger charge is -2.13. The summed E-state index contributed by atoms with van der Waals surface area (Å²) in [4.78, 5) is 4.67. The van der Waals surface area contributed by atoms with Gasteiger partial charge in [0.1, 0.15) is 11.6 Å². The SMILES string of the molecule is CC(C)n1c(-c2cccc(O)c2)nc2cc(Cl)ccc21. The summed E-state index contributed by atoms with van der Waals surface area (Å²) in [6.45, 7) is 4.23. The number of fused-ring (bicyclic) bond motifs is 1. The highest BCUT2D eigenvalue weighted by molar-refractivity contribution is 6.31. The van der Waals surface area contributed by atoms with Crippen molar-refractivity contribution in [2.24, 2.45) is 0 Å². The lowest BCUT2D eigenvalue weighted by atomic mass is 10.2. The summed E-state index contributed by atoms with van der Waals surface area (Å²) in [5.41, 5.74) is 2.80. The predicted octanol–water partition coefficient (Wildman–Crippen LogP) is 4.64. The summed E-state index contributed by atoms with van der Waals surface area (Å²) in [5, 5.41) is 10.3. The number of phenolic OH excluding ortho intramolecular Hbond substituents is 1. The van der Waals surface area contributed by atoms with Crippen molar-refractivity contribution in [3.05, 3.63) is 47.5 Å². The van der Waals surface area contributed by atoms with Crippen LogP contribution < -0.4 is 0 Å². The molecule has 1 aromatic heterocycles. The number of hydrogen-bond acceptors (Lipinski definition) is 2. The van der Waals surface area contributed by atoms with Gasteiger partial charge in [0.25, 0.3) is 0 Å². The van der Waals surface area contributed by atoms with Gasteiger partial charge in [-0.05, 0) is 44.2 Å². The average molecular weight is 287 g/mol. The Labute approximate surface area is 122 Å². The molecule has 0 aliphatic heterocycles. The molecule has 4 heteroatoms. The molecule has 1 heterocycles. The van der Waals surface area contributed by atoms with E-state index < -0.39 is 0 Å². The normalized spacial score (nSPS) is 11.4. The third-order valence-corrected chi connectivity index (χ3v) is 3.51. The number of hydrogen-bond donors (Lipinski definition) is 1. The van der Waals surface area contributed by atoms with Crippen molar-refractivity contribution in [2.75, 3.05) is 0 Å². The molecule has 20 heavy (non-hydrogen) atoms. The van der Waals surface area contributed by atoms with Crippen LogP contribution in [0.15, 0.2) is 42.5 Å². The van der Waals surface area contributed by atoms with Gasteiger partial charge in [-0.15, -0.1) is 0 Å². The minimum atomic E-state index is 0.239. The Bertz CT molecular complexity index is 777. The number of aromatic hydroxyl groups is 1. The Morgan fingerprint density at radius 3 is 2.65 bits per heavy atom. The van der Waals surface area contributed by atoms with Crippen LogP contribution >= 0.6 is 11.6 Å². The maximum atomic E-state index is 9.66. The summed E-state index contributed by atoms with van der Waals surface area (Å²) in [7, 11) is 0. The molecule has 0 radical (unpaired) electrons. The second-order valence-corrected chi connectivity index (χ2v) is 5.52. The molecule has 0 amide bonds. The van der Waals surface area contributed by atoms with Crippen LogP contribution in [0.25, 0.3) is 22.4 Å². The third kappa shape index (κ3) is 2.14. The van der Waals surface area contributed by atoms with Crippen LogP contribution in [0.2, 0.25) is 5.02 Å². The fourth-order valence-electron chi connectivity index (χ4n) is 2.44. The highest BCUT2D eigenvalue weighted by Gasteiger charge is 2.15. The van der Waals surface area contributed by atoms with E-state index >= 15 is 0 Å². The number of nitrogens with zero attached hydrogens (tertiary/aromatic N) is 2. The molecule has 0 fully saturated rings. The average Bonchev–Trinajstić information content (AvgIpc) is 2.77. The monoisotopic (exact) mass is 286 g/mol. The third-order valence-electron chi connectivity index (χ3n) is 3.27. The van der Waals surface area contributed by atoms with Crippen molar-refractivity contribution in [2.45, 2.75) is 19.9 Å². The molecule has 0 aliphatic carbocycles. The van der Waals surface area contributed by atoms with E-state index in [1.807, 2.05) is 30.3 Å². The zero-order chi connectivity index (χ0) is 14.3. The van der Waals surface area contributed by atoms with Crippen LogP contribution in [0.1, 0.15) is 19.9 Å². The molecule has 1 N–H and O–H groups in total. The van der Waals surface area contributed by atoms with Crippen molar-refractivity contribution in [3.63, 3.8) is 0 Å². The zero-order valence-corrected chi connectivity index (χ0v) is 12.1. The standard InChI is InChI=1S/C16H15ClN2O/c1-10(2)19-15-7-6-12(17)9-14(15)18-16(19)11-4-3-5-13(20)8-11/h3-10,20H,1-2H3. The number of halogens is 1. The van der Waals surface area contributed by atoms with E-state index in [9.17, 15) is 5.11 Å². The van der Waals surface area contributed by atoms with Gasteiger partial charge in [0.15, 0.2) is 0 Å². The number of rotatable bonds is 2. The van der Waals surface area contributed by atoms with Gasteiger partial charge in [0.05, 0.1) is 11.0 Å². The van der Waals surface area contributed by atoms with Gasteiger partial charge in [0, 0.05) is 16.6 Å². The van der Waals surface area contributed by atoms with Gasteiger partial charge in [-0.25, -0.2) is 4.98 Å². The van der Waals surface area contributed by atoms with Crippen molar-refractivity contribution < 1.29 is 5.11 Å². The van der Waals surface area contributed by atoms with Crippen molar-refractivity contribution >= 4 is 22.6 Å². The van der Waals surface area contributed by atoms with Gasteiger partial charge in [-0.3, -0.25) is 0 Å². The minimum absolute atomic E-state index is 0.239. The summed E-state index contributed by atoms with van der Waals surface area (Å²) in [6, 6.07) is 13.1. The van der Waals surface area contributed by atoms with E-state index in [-0.39, 0.29) is 11.8 Å². The Balaban J connectivity index is 2.32. The Kier molecular flexibility index (Phi) is 3.14.